The fourth-order valence-electron chi connectivity index (χ4n) is 5.62. The first-order valence-corrected chi connectivity index (χ1v) is 14.9. The monoisotopic (exact) mass is 577 g/mol. The normalized spacial score (nSPS) is 13.8. The second-order valence-electron chi connectivity index (χ2n) is 10.3. The number of aryl methyl sites for hydroxylation is 2. The van der Waals surface area contributed by atoms with Gasteiger partial charge in [0.05, 0.1) is 0 Å². The van der Waals surface area contributed by atoms with Crippen LogP contribution in [-0.2, 0) is 17.8 Å². The topological polar surface area (TPSA) is 61.9 Å². The van der Waals surface area contributed by atoms with Crippen molar-refractivity contribution in [2.24, 2.45) is 0 Å². The molecule has 1 aliphatic rings. The van der Waals surface area contributed by atoms with Gasteiger partial charge in [-0.05, 0) is 0 Å². The Kier molecular flexibility index (Phi) is 8.65. The third kappa shape index (κ3) is 5.60. The number of rotatable bonds is 11. The van der Waals surface area contributed by atoms with Crippen LogP contribution in [0.4, 0.5) is 0 Å². The summed E-state index contributed by atoms with van der Waals surface area (Å²) >= 11 is 3.19. The first kappa shape index (κ1) is 26.7. The molecule has 2 heterocycles. The molecular formula is C31H37N4O2Se. The fraction of sp³-hybridized carbons (Fsp3) is 0.452. The van der Waals surface area contributed by atoms with E-state index in [1.807, 2.05) is 18.2 Å². The number of aromatic nitrogens is 4. The molecule has 4 aromatic rings. The summed E-state index contributed by atoms with van der Waals surface area (Å²) in [7, 11) is 1.41. The molecule has 1 aliphatic carbocycles. The molecule has 0 bridgehead atoms. The van der Waals surface area contributed by atoms with Crippen LogP contribution in [0.5, 0.6) is 0 Å². The van der Waals surface area contributed by atoms with Gasteiger partial charge < -0.3 is 0 Å². The van der Waals surface area contributed by atoms with Crippen molar-refractivity contribution < 1.29 is 9.53 Å². The number of allylic oxidation sites excluding steroid dienone is 2. The second kappa shape index (κ2) is 12.3. The number of hydrogen-bond acceptors (Lipinski definition) is 4. The zero-order chi connectivity index (χ0) is 26.5. The van der Waals surface area contributed by atoms with E-state index in [-0.39, 0.29) is 5.97 Å². The van der Waals surface area contributed by atoms with Gasteiger partial charge in [0.15, 0.2) is 0 Å². The van der Waals surface area contributed by atoms with Crippen molar-refractivity contribution in [2.45, 2.75) is 84.2 Å². The van der Waals surface area contributed by atoms with E-state index in [1.165, 1.54) is 64.0 Å². The molecule has 0 amide bonds. The number of para-hydroxylation sites is 1. The maximum atomic E-state index is 12.3. The van der Waals surface area contributed by atoms with Gasteiger partial charge in [0.1, 0.15) is 0 Å². The molecule has 0 atom stereocenters. The molecule has 0 fully saturated rings. The van der Waals surface area contributed by atoms with Gasteiger partial charge in [0, 0.05) is 0 Å². The van der Waals surface area contributed by atoms with Gasteiger partial charge in [-0.3, -0.25) is 0 Å². The number of carbonyl (C=O) groups excluding carboxylic acids is 1. The second-order valence-corrected chi connectivity index (χ2v) is 11.0. The van der Waals surface area contributed by atoms with Crippen LogP contribution < -0.4 is 4.72 Å². The molecule has 0 saturated heterocycles. The molecule has 1 radical (unpaired) electrons. The molecular weight excluding hydrogens is 539 g/mol. The van der Waals surface area contributed by atoms with Gasteiger partial charge in [-0.1, -0.05) is 0 Å². The summed E-state index contributed by atoms with van der Waals surface area (Å²) in [5.41, 5.74) is 7.09. The average molecular weight is 577 g/mol. The van der Waals surface area contributed by atoms with Crippen molar-refractivity contribution in [1.82, 2.24) is 19.1 Å². The van der Waals surface area contributed by atoms with Crippen molar-refractivity contribution in [1.29, 1.82) is 0 Å². The third-order valence-corrected chi connectivity index (χ3v) is 8.32. The first-order chi connectivity index (χ1) is 18.6. The Hall–Kier alpha value is -2.89. The summed E-state index contributed by atoms with van der Waals surface area (Å²) in [6.45, 7) is 4.03. The van der Waals surface area contributed by atoms with E-state index in [2.05, 4.69) is 56.3 Å². The molecule has 38 heavy (non-hydrogen) atoms. The number of methoxy groups -OCH3 is 1. The van der Waals surface area contributed by atoms with Crippen molar-refractivity contribution in [3.8, 4) is 11.4 Å². The first-order valence-electron chi connectivity index (χ1n) is 14.0. The Labute approximate surface area is 233 Å². The number of fused-ring (bicyclic) bond motifs is 2. The standard InChI is InChI=1S/C31H37N4O2Se/c1-3-4-5-6-10-19-35-28-24(14-11-15-25(28)33-31(35)38)29-32-26-21-23(30(36)37-2)16-17-27(26)34(29)20-18-22-12-8-7-9-13-22/h11-12,14-17,21H,3-10,13,18-20H2,1-2H3. The molecule has 2 aromatic carbocycles. The van der Waals surface area contributed by atoms with E-state index in [9.17, 15) is 4.79 Å². The van der Waals surface area contributed by atoms with E-state index in [0.29, 0.717) is 5.56 Å². The van der Waals surface area contributed by atoms with Gasteiger partial charge >= 0.3 is 234 Å². The quantitative estimate of drug-likeness (QED) is 0.0886. The third-order valence-electron chi connectivity index (χ3n) is 7.67. The number of nitrogens with zero attached hydrogens (tertiary/aromatic N) is 4. The van der Waals surface area contributed by atoms with E-state index in [1.54, 1.807) is 0 Å². The molecule has 2 aromatic heterocycles. The maximum absolute atomic E-state index is 12.3. The zero-order valence-electron chi connectivity index (χ0n) is 22.5. The van der Waals surface area contributed by atoms with Crippen molar-refractivity contribution in [3.05, 3.63) is 53.6 Å². The van der Waals surface area contributed by atoms with Crippen LogP contribution in [0, 0.1) is 0 Å². The van der Waals surface area contributed by atoms with Gasteiger partial charge in [0.25, 0.3) is 0 Å². The van der Waals surface area contributed by atoms with Crippen LogP contribution in [0.3, 0.4) is 0 Å². The molecule has 6 nitrogen and oxygen atoms in total. The Morgan fingerprint density at radius 3 is 2.66 bits per heavy atom. The summed E-state index contributed by atoms with van der Waals surface area (Å²) < 4.78 is 10.6. The molecule has 0 N–H and O–H groups in total. The molecule has 0 saturated carbocycles. The molecule has 0 unspecified atom stereocenters. The Bertz CT molecular complexity index is 1470. The number of unbranched alkanes of at least 4 members (excludes halogenated alkanes) is 4. The summed E-state index contributed by atoms with van der Waals surface area (Å²) in [5.74, 6) is 0.584. The summed E-state index contributed by atoms with van der Waals surface area (Å²) in [5, 5.41) is 0. The van der Waals surface area contributed by atoms with E-state index in [4.69, 9.17) is 14.7 Å². The summed E-state index contributed by atoms with van der Waals surface area (Å²) in [6.07, 6.45) is 14.5. The molecule has 199 valence electrons. The number of hydrogen-bond donors (Lipinski definition) is 0. The Morgan fingerprint density at radius 2 is 1.87 bits per heavy atom. The van der Waals surface area contributed by atoms with Crippen LogP contribution >= 0.6 is 0 Å². The van der Waals surface area contributed by atoms with Gasteiger partial charge in [-0.25, -0.2) is 0 Å². The van der Waals surface area contributed by atoms with E-state index >= 15 is 0 Å². The predicted octanol–water partition coefficient (Wildman–Crippen LogP) is 6.49. The summed E-state index contributed by atoms with van der Waals surface area (Å²) in [6, 6.07) is 12.0. The molecule has 0 spiro atoms. The molecule has 0 aliphatic heterocycles. The van der Waals surface area contributed by atoms with Crippen molar-refractivity contribution in [2.75, 3.05) is 7.11 Å². The van der Waals surface area contributed by atoms with Crippen LogP contribution in [0.1, 0.15) is 81.5 Å². The molecule has 7 heteroatoms. The SMILES string of the molecule is CCCCCCCn1c([Se])nc2cccc(-c3nc4cc(C(=O)OC)ccc4n3CCC3=CCCCC3)c21. The number of imidazole rings is 2. The zero-order valence-corrected chi connectivity index (χ0v) is 24.3. The van der Waals surface area contributed by atoms with Crippen LogP contribution in [0.2, 0.25) is 0 Å². The van der Waals surface area contributed by atoms with Gasteiger partial charge in [0.2, 0.25) is 0 Å². The van der Waals surface area contributed by atoms with Crippen LogP contribution in [-0.4, -0.2) is 48.2 Å². The minimum atomic E-state index is -0.343. The fourth-order valence-corrected chi connectivity index (χ4v) is 6.21. The Balaban J connectivity index is 1.59. The van der Waals surface area contributed by atoms with E-state index < -0.39 is 0 Å². The van der Waals surface area contributed by atoms with Crippen LogP contribution in [0.15, 0.2) is 48.0 Å². The Morgan fingerprint density at radius 1 is 1.00 bits per heavy atom. The van der Waals surface area contributed by atoms with E-state index in [0.717, 1.165) is 64.1 Å². The van der Waals surface area contributed by atoms with Crippen molar-refractivity contribution in [3.63, 3.8) is 0 Å². The number of benzene rings is 2. The number of esters is 1. The van der Waals surface area contributed by atoms with Crippen LogP contribution in [0.25, 0.3) is 33.5 Å². The summed E-state index contributed by atoms with van der Waals surface area (Å²) in [4.78, 5) is 22.3. The van der Waals surface area contributed by atoms with Crippen molar-refractivity contribution >= 4 is 48.8 Å². The minimum absolute atomic E-state index is 0.343. The van der Waals surface area contributed by atoms with Gasteiger partial charge in [-0.2, -0.15) is 0 Å². The number of ether oxygens (including phenoxy) is 1. The molecule has 5 rings (SSSR count). The number of carbonyl (C=O) groups is 1. The van der Waals surface area contributed by atoms with Gasteiger partial charge in [-0.15, -0.1) is 0 Å². The average Bonchev–Trinajstić information content (AvgIpc) is 3.47. The predicted molar refractivity (Wildman–Crippen MR) is 155 cm³/mol.